The summed E-state index contributed by atoms with van der Waals surface area (Å²) in [6.07, 6.45) is 2.67. The topological polar surface area (TPSA) is 72.5 Å². The number of anilines is 1. The number of nitrogens with two attached hydrogens (primary N) is 1. The van der Waals surface area contributed by atoms with Gasteiger partial charge in [-0.1, -0.05) is 32.5 Å². The van der Waals surface area contributed by atoms with Gasteiger partial charge in [0.2, 0.25) is 5.95 Å². The number of aromatic nitrogens is 4. The predicted octanol–water partition coefficient (Wildman–Crippen LogP) is 2.12. The van der Waals surface area contributed by atoms with Gasteiger partial charge in [0.05, 0.1) is 6.33 Å². The first-order valence-corrected chi connectivity index (χ1v) is 5.73. The summed E-state index contributed by atoms with van der Waals surface area (Å²) in [7, 11) is 0. The van der Waals surface area contributed by atoms with Crippen molar-refractivity contribution >= 4 is 29.3 Å². The van der Waals surface area contributed by atoms with Gasteiger partial charge < -0.3 is 15.3 Å². The van der Waals surface area contributed by atoms with Crippen LogP contribution in [0.25, 0.3) is 11.2 Å². The Kier molecular flexibility index (Phi) is 2.91. The van der Waals surface area contributed by atoms with Crippen LogP contribution in [0.4, 0.5) is 5.95 Å². The SMILES string of the molecule is CCC(C)Cn1c(N)nc2nc[nH]c2c1=S. The lowest BCUT2D eigenvalue weighted by Crippen LogP contribution is -2.14. The van der Waals surface area contributed by atoms with Crippen LogP contribution in [0.5, 0.6) is 0 Å². The van der Waals surface area contributed by atoms with E-state index in [0.717, 1.165) is 18.5 Å². The fourth-order valence-corrected chi connectivity index (χ4v) is 1.87. The summed E-state index contributed by atoms with van der Waals surface area (Å²) in [5, 5.41) is 0. The van der Waals surface area contributed by atoms with Gasteiger partial charge in [0.1, 0.15) is 10.2 Å². The molecular formula is C10H15N5S. The number of hydrogen-bond acceptors (Lipinski definition) is 4. The Morgan fingerprint density at radius 3 is 3.06 bits per heavy atom. The van der Waals surface area contributed by atoms with Crippen LogP contribution in [-0.2, 0) is 6.54 Å². The van der Waals surface area contributed by atoms with Crippen molar-refractivity contribution in [3.63, 3.8) is 0 Å². The Balaban J connectivity index is 2.55. The average molecular weight is 237 g/mol. The smallest absolute Gasteiger partial charge is 0.203 e. The van der Waals surface area contributed by atoms with Crippen molar-refractivity contribution in [2.75, 3.05) is 5.73 Å². The third kappa shape index (κ3) is 1.80. The van der Waals surface area contributed by atoms with Gasteiger partial charge in [0.25, 0.3) is 0 Å². The monoisotopic (exact) mass is 237 g/mol. The van der Waals surface area contributed by atoms with Crippen molar-refractivity contribution in [2.24, 2.45) is 5.92 Å². The zero-order valence-electron chi connectivity index (χ0n) is 9.40. The number of rotatable bonds is 3. The number of H-pyrrole nitrogens is 1. The summed E-state index contributed by atoms with van der Waals surface area (Å²) < 4.78 is 2.55. The fraction of sp³-hybridized carbons (Fsp3) is 0.500. The maximum absolute atomic E-state index is 5.88. The first-order valence-electron chi connectivity index (χ1n) is 5.32. The Bertz CT molecular complexity index is 556. The van der Waals surface area contributed by atoms with Gasteiger partial charge in [-0.25, -0.2) is 4.98 Å². The minimum absolute atomic E-state index is 0.435. The zero-order chi connectivity index (χ0) is 11.7. The Morgan fingerprint density at radius 2 is 2.38 bits per heavy atom. The first-order chi connectivity index (χ1) is 7.63. The molecule has 5 nitrogen and oxygen atoms in total. The highest BCUT2D eigenvalue weighted by atomic mass is 32.1. The number of hydrogen-bond donors (Lipinski definition) is 2. The third-order valence-corrected chi connectivity index (χ3v) is 3.19. The van der Waals surface area contributed by atoms with Crippen molar-refractivity contribution in [1.82, 2.24) is 19.5 Å². The summed E-state index contributed by atoms with van der Waals surface area (Å²) in [6, 6.07) is 0. The molecule has 0 aliphatic carbocycles. The van der Waals surface area contributed by atoms with Gasteiger partial charge in [-0.15, -0.1) is 0 Å². The van der Waals surface area contributed by atoms with E-state index in [2.05, 4.69) is 28.8 Å². The molecule has 2 aromatic heterocycles. The summed E-state index contributed by atoms with van der Waals surface area (Å²) in [6.45, 7) is 5.11. The van der Waals surface area contributed by atoms with E-state index in [1.165, 1.54) is 0 Å². The fourth-order valence-electron chi connectivity index (χ4n) is 1.55. The Labute approximate surface area is 98.7 Å². The second kappa shape index (κ2) is 4.21. The molecule has 0 aromatic carbocycles. The molecule has 2 heterocycles. The van der Waals surface area contributed by atoms with Crippen LogP contribution >= 0.6 is 12.2 Å². The lowest BCUT2D eigenvalue weighted by Gasteiger charge is -2.14. The number of aromatic amines is 1. The minimum Gasteiger partial charge on any atom is -0.369 e. The van der Waals surface area contributed by atoms with Crippen LogP contribution in [0.1, 0.15) is 20.3 Å². The van der Waals surface area contributed by atoms with Crippen molar-refractivity contribution < 1.29 is 0 Å². The molecule has 16 heavy (non-hydrogen) atoms. The summed E-state index contributed by atoms with van der Waals surface area (Å²) in [4.78, 5) is 11.3. The lowest BCUT2D eigenvalue weighted by molar-refractivity contribution is 0.467. The molecule has 0 bridgehead atoms. The maximum Gasteiger partial charge on any atom is 0.203 e. The van der Waals surface area contributed by atoms with Crippen molar-refractivity contribution in [3.05, 3.63) is 11.0 Å². The number of fused-ring (bicyclic) bond motifs is 1. The van der Waals surface area contributed by atoms with Gasteiger partial charge in [0.15, 0.2) is 5.65 Å². The normalized spacial score (nSPS) is 13.1. The van der Waals surface area contributed by atoms with Crippen molar-refractivity contribution in [2.45, 2.75) is 26.8 Å². The molecule has 0 fully saturated rings. The number of nitrogens with zero attached hydrogens (tertiary/aromatic N) is 3. The lowest BCUT2D eigenvalue weighted by atomic mass is 10.1. The Morgan fingerprint density at radius 1 is 1.62 bits per heavy atom. The molecule has 0 aliphatic heterocycles. The van der Waals surface area contributed by atoms with Crippen molar-refractivity contribution in [3.8, 4) is 0 Å². The highest BCUT2D eigenvalue weighted by Crippen LogP contribution is 2.15. The van der Waals surface area contributed by atoms with E-state index in [0.29, 0.717) is 22.2 Å². The molecule has 86 valence electrons. The van der Waals surface area contributed by atoms with Gasteiger partial charge in [-0.05, 0) is 5.92 Å². The standard InChI is InChI=1S/C10H15N5S/c1-3-6(2)4-15-9(16)7-8(13-5-12-7)14-10(15)11/h5-6H,3-4H2,1-2H3,(H2,11,14)(H,12,13). The van der Waals surface area contributed by atoms with Crippen LogP contribution in [-0.4, -0.2) is 19.5 Å². The molecular weight excluding hydrogens is 222 g/mol. The van der Waals surface area contributed by atoms with E-state index in [9.17, 15) is 0 Å². The van der Waals surface area contributed by atoms with Crippen molar-refractivity contribution in [1.29, 1.82) is 0 Å². The van der Waals surface area contributed by atoms with Gasteiger partial charge in [-0.3, -0.25) is 0 Å². The Hall–Kier alpha value is -1.43. The molecule has 6 heteroatoms. The van der Waals surface area contributed by atoms with Gasteiger partial charge in [-0.2, -0.15) is 4.98 Å². The number of nitrogen functional groups attached to an aromatic ring is 1. The molecule has 1 unspecified atom stereocenters. The van der Waals surface area contributed by atoms with E-state index < -0.39 is 0 Å². The van der Waals surface area contributed by atoms with Crippen LogP contribution in [0.2, 0.25) is 0 Å². The van der Waals surface area contributed by atoms with Crippen LogP contribution < -0.4 is 5.73 Å². The van der Waals surface area contributed by atoms with E-state index in [-0.39, 0.29) is 0 Å². The molecule has 0 saturated carbocycles. The van der Waals surface area contributed by atoms with Crippen LogP contribution in [0.15, 0.2) is 6.33 Å². The van der Waals surface area contributed by atoms with Gasteiger partial charge >= 0.3 is 0 Å². The van der Waals surface area contributed by atoms with Crippen LogP contribution in [0.3, 0.4) is 0 Å². The second-order valence-corrected chi connectivity index (χ2v) is 4.39. The molecule has 0 amide bonds. The molecule has 2 aromatic rings. The van der Waals surface area contributed by atoms with E-state index in [1.807, 2.05) is 4.57 Å². The quantitative estimate of drug-likeness (QED) is 0.802. The molecule has 1 atom stereocenters. The molecule has 0 aliphatic rings. The number of imidazole rings is 1. The zero-order valence-corrected chi connectivity index (χ0v) is 10.2. The largest absolute Gasteiger partial charge is 0.369 e. The maximum atomic E-state index is 5.88. The second-order valence-electron chi connectivity index (χ2n) is 4.00. The molecule has 2 rings (SSSR count). The summed E-state index contributed by atoms with van der Waals surface area (Å²) in [5.74, 6) is 0.959. The predicted molar refractivity (Wildman–Crippen MR) is 66.6 cm³/mol. The molecule has 0 spiro atoms. The average Bonchev–Trinajstić information content (AvgIpc) is 2.71. The van der Waals surface area contributed by atoms with E-state index in [4.69, 9.17) is 18.0 Å². The summed E-state index contributed by atoms with van der Waals surface area (Å²) >= 11 is 5.37. The van der Waals surface area contributed by atoms with E-state index in [1.54, 1.807) is 6.33 Å². The number of nitrogens with one attached hydrogen (secondary N) is 1. The molecule has 3 N–H and O–H groups in total. The highest BCUT2D eigenvalue weighted by molar-refractivity contribution is 7.71. The highest BCUT2D eigenvalue weighted by Gasteiger charge is 2.09. The molecule has 0 radical (unpaired) electrons. The first kappa shape index (κ1) is 11.1. The third-order valence-electron chi connectivity index (χ3n) is 2.77. The molecule has 0 saturated heterocycles. The van der Waals surface area contributed by atoms with E-state index >= 15 is 0 Å². The van der Waals surface area contributed by atoms with Gasteiger partial charge in [0, 0.05) is 6.54 Å². The minimum atomic E-state index is 0.435. The van der Waals surface area contributed by atoms with Crippen LogP contribution in [0, 0.1) is 10.6 Å². The summed E-state index contributed by atoms with van der Waals surface area (Å²) in [5.41, 5.74) is 7.25.